The molecule has 0 spiro atoms. The molecular formula is C29H29Cl2N3O3. The number of hydrogen-bond acceptors (Lipinski definition) is 3. The minimum absolute atomic E-state index is 0.108. The number of rotatable bonds is 7. The molecule has 3 aromatic rings. The zero-order valence-corrected chi connectivity index (χ0v) is 21.9. The van der Waals surface area contributed by atoms with Crippen molar-refractivity contribution in [2.24, 2.45) is 23.2 Å². The van der Waals surface area contributed by atoms with Gasteiger partial charge in [0.2, 0.25) is 0 Å². The zero-order chi connectivity index (χ0) is 25.7. The van der Waals surface area contributed by atoms with Crippen molar-refractivity contribution in [3.8, 4) is 11.4 Å². The van der Waals surface area contributed by atoms with Crippen LogP contribution in [0.15, 0.2) is 42.5 Å². The van der Waals surface area contributed by atoms with E-state index in [2.05, 4.69) is 15.3 Å². The lowest BCUT2D eigenvalue weighted by atomic mass is 9.48. The molecule has 0 saturated heterocycles. The third kappa shape index (κ3) is 5.01. The second-order valence-electron chi connectivity index (χ2n) is 11.3. The molecule has 0 unspecified atom stereocenters. The number of carbonyl (C=O) groups is 2. The number of nitrogens with zero attached hydrogens (tertiary/aromatic N) is 1. The predicted octanol–water partition coefficient (Wildman–Crippen LogP) is 7.48. The Labute approximate surface area is 225 Å². The summed E-state index contributed by atoms with van der Waals surface area (Å²) in [6.07, 6.45) is 9.84. The van der Waals surface area contributed by atoms with Gasteiger partial charge < -0.3 is 15.4 Å². The minimum Gasteiger partial charge on any atom is -0.478 e. The second-order valence-corrected chi connectivity index (χ2v) is 12.2. The molecule has 4 bridgehead atoms. The van der Waals surface area contributed by atoms with E-state index in [1.807, 2.05) is 0 Å². The molecule has 1 aromatic heterocycles. The van der Waals surface area contributed by atoms with Crippen LogP contribution in [-0.4, -0.2) is 27.0 Å². The number of carboxylic acids is 1. The molecule has 8 heteroatoms. The fraction of sp³-hybridized carbons (Fsp3) is 0.414. The number of amides is 1. The van der Waals surface area contributed by atoms with Crippen LogP contribution in [0.25, 0.3) is 11.4 Å². The number of aromatic amines is 1. The molecule has 3 N–H and O–H groups in total. The normalized spacial score (nSPS) is 25.8. The number of aromatic nitrogens is 2. The molecule has 4 saturated carbocycles. The van der Waals surface area contributed by atoms with Gasteiger partial charge in [0, 0.05) is 27.0 Å². The van der Waals surface area contributed by atoms with E-state index in [4.69, 9.17) is 23.2 Å². The van der Waals surface area contributed by atoms with Gasteiger partial charge in [-0.25, -0.2) is 9.78 Å². The number of imidazole rings is 1. The SMILES string of the molecule is O=C(O)c1cccc(NC(=O)c2nc(-c3cc(Cl)cc(Cl)c3)[nH]c2CCC23CC4CC(CC(C4)C2)C3)c1. The van der Waals surface area contributed by atoms with Crippen LogP contribution < -0.4 is 5.32 Å². The molecule has 4 aliphatic carbocycles. The van der Waals surface area contributed by atoms with Crippen molar-refractivity contribution in [2.45, 2.75) is 51.4 Å². The first kappa shape index (κ1) is 24.5. The first-order valence-electron chi connectivity index (χ1n) is 13.0. The smallest absolute Gasteiger partial charge is 0.335 e. The van der Waals surface area contributed by atoms with E-state index in [1.54, 1.807) is 30.3 Å². The molecule has 1 heterocycles. The van der Waals surface area contributed by atoms with Gasteiger partial charge in [0.25, 0.3) is 5.91 Å². The van der Waals surface area contributed by atoms with Crippen molar-refractivity contribution in [3.05, 3.63) is 69.5 Å². The lowest BCUT2D eigenvalue weighted by Gasteiger charge is -2.57. The molecular weight excluding hydrogens is 509 g/mol. The average molecular weight is 538 g/mol. The minimum atomic E-state index is -1.05. The summed E-state index contributed by atoms with van der Waals surface area (Å²) < 4.78 is 0. The van der Waals surface area contributed by atoms with Crippen LogP contribution >= 0.6 is 23.2 Å². The van der Waals surface area contributed by atoms with Gasteiger partial charge in [0.15, 0.2) is 0 Å². The fourth-order valence-corrected chi connectivity index (χ4v) is 8.04. The number of benzene rings is 2. The molecule has 0 aliphatic heterocycles. The van der Waals surface area contributed by atoms with Crippen LogP contribution in [0, 0.1) is 23.2 Å². The molecule has 0 atom stereocenters. The first-order chi connectivity index (χ1) is 17.7. The summed E-state index contributed by atoms with van der Waals surface area (Å²) in [5, 5.41) is 13.1. The second kappa shape index (κ2) is 9.48. The summed E-state index contributed by atoms with van der Waals surface area (Å²) >= 11 is 12.5. The number of halogens is 2. The molecule has 4 aliphatic rings. The average Bonchev–Trinajstić information content (AvgIpc) is 3.26. The van der Waals surface area contributed by atoms with Gasteiger partial charge in [0.05, 0.1) is 5.56 Å². The zero-order valence-electron chi connectivity index (χ0n) is 20.4. The molecule has 37 heavy (non-hydrogen) atoms. The third-order valence-electron chi connectivity index (χ3n) is 8.57. The molecule has 2 aromatic carbocycles. The number of aromatic carboxylic acids is 1. The van der Waals surface area contributed by atoms with Crippen LogP contribution in [0.4, 0.5) is 5.69 Å². The highest BCUT2D eigenvalue weighted by atomic mass is 35.5. The summed E-state index contributed by atoms with van der Waals surface area (Å²) in [6, 6.07) is 11.4. The Morgan fingerprint density at radius 2 is 1.65 bits per heavy atom. The van der Waals surface area contributed by atoms with Crippen LogP contribution in [-0.2, 0) is 6.42 Å². The van der Waals surface area contributed by atoms with E-state index in [-0.39, 0.29) is 11.5 Å². The molecule has 7 rings (SSSR count). The maximum atomic E-state index is 13.4. The maximum absolute atomic E-state index is 13.4. The largest absolute Gasteiger partial charge is 0.478 e. The maximum Gasteiger partial charge on any atom is 0.335 e. The highest BCUT2D eigenvalue weighted by molar-refractivity contribution is 6.35. The van der Waals surface area contributed by atoms with E-state index < -0.39 is 5.97 Å². The number of nitrogens with one attached hydrogen (secondary N) is 2. The standard InChI is InChI=1S/C29H29Cl2N3O3/c30-21-9-20(10-22(31)12-21)26-33-24(4-5-29-13-16-6-17(14-29)8-18(7-16)15-29)25(34-26)27(35)32-23-3-1-2-19(11-23)28(36)37/h1-3,9-12,16-18H,4-8,13-15H2,(H,32,35)(H,33,34)(H,36,37). The van der Waals surface area contributed by atoms with E-state index in [0.29, 0.717) is 38.2 Å². The van der Waals surface area contributed by atoms with Crippen molar-refractivity contribution in [1.82, 2.24) is 9.97 Å². The van der Waals surface area contributed by atoms with Crippen molar-refractivity contribution in [3.63, 3.8) is 0 Å². The van der Waals surface area contributed by atoms with Crippen LogP contribution in [0.1, 0.15) is 71.5 Å². The van der Waals surface area contributed by atoms with Crippen molar-refractivity contribution >= 4 is 40.8 Å². The Morgan fingerprint density at radius 1 is 1.00 bits per heavy atom. The highest BCUT2D eigenvalue weighted by Gasteiger charge is 2.50. The monoisotopic (exact) mass is 537 g/mol. The molecule has 4 fully saturated rings. The quantitative estimate of drug-likeness (QED) is 0.291. The van der Waals surface area contributed by atoms with Gasteiger partial charge in [-0.3, -0.25) is 4.79 Å². The first-order valence-corrected chi connectivity index (χ1v) is 13.7. The number of carboxylic acid groups (broad SMARTS) is 1. The predicted molar refractivity (Wildman–Crippen MR) is 144 cm³/mol. The van der Waals surface area contributed by atoms with Crippen LogP contribution in [0.2, 0.25) is 10.0 Å². The van der Waals surface area contributed by atoms with Crippen molar-refractivity contribution in [2.75, 3.05) is 5.32 Å². The van der Waals surface area contributed by atoms with E-state index in [9.17, 15) is 14.7 Å². The fourth-order valence-electron chi connectivity index (χ4n) is 7.51. The molecule has 1 amide bonds. The molecule has 192 valence electrons. The van der Waals surface area contributed by atoms with Gasteiger partial charge in [-0.2, -0.15) is 0 Å². The molecule has 6 nitrogen and oxygen atoms in total. The Bertz CT molecular complexity index is 1330. The lowest BCUT2D eigenvalue weighted by Crippen LogP contribution is -2.46. The number of aryl methyl sites for hydroxylation is 1. The summed E-state index contributed by atoms with van der Waals surface area (Å²) in [4.78, 5) is 32.9. The number of anilines is 1. The lowest BCUT2D eigenvalue weighted by molar-refractivity contribution is -0.0570. The van der Waals surface area contributed by atoms with Crippen LogP contribution in [0.3, 0.4) is 0 Å². The summed E-state index contributed by atoms with van der Waals surface area (Å²) in [7, 11) is 0. The topological polar surface area (TPSA) is 95.1 Å². The Balaban J connectivity index is 1.30. The van der Waals surface area contributed by atoms with Crippen molar-refractivity contribution in [1.29, 1.82) is 0 Å². The Morgan fingerprint density at radius 3 is 2.27 bits per heavy atom. The van der Waals surface area contributed by atoms with E-state index in [0.717, 1.165) is 36.3 Å². The number of H-pyrrole nitrogens is 1. The summed E-state index contributed by atoms with van der Waals surface area (Å²) in [5.41, 5.74) is 2.69. The Hall–Kier alpha value is -2.83. The highest BCUT2D eigenvalue weighted by Crippen LogP contribution is 2.61. The number of hydrogen-bond donors (Lipinski definition) is 3. The van der Waals surface area contributed by atoms with Gasteiger partial charge >= 0.3 is 5.97 Å². The summed E-state index contributed by atoms with van der Waals surface area (Å²) in [5.74, 6) is 1.70. The van der Waals surface area contributed by atoms with Gasteiger partial charge in [-0.15, -0.1) is 0 Å². The van der Waals surface area contributed by atoms with Crippen LogP contribution in [0.5, 0.6) is 0 Å². The summed E-state index contributed by atoms with van der Waals surface area (Å²) in [6.45, 7) is 0. The third-order valence-corrected chi connectivity index (χ3v) is 9.00. The van der Waals surface area contributed by atoms with E-state index in [1.165, 1.54) is 50.7 Å². The van der Waals surface area contributed by atoms with Crippen molar-refractivity contribution < 1.29 is 14.7 Å². The molecule has 0 radical (unpaired) electrons. The number of carbonyl (C=O) groups excluding carboxylic acids is 1. The van der Waals surface area contributed by atoms with Gasteiger partial charge in [0.1, 0.15) is 11.5 Å². The van der Waals surface area contributed by atoms with Gasteiger partial charge in [-0.05, 0) is 111 Å². The van der Waals surface area contributed by atoms with E-state index >= 15 is 0 Å². The Kier molecular flexibility index (Phi) is 6.28. The van der Waals surface area contributed by atoms with Gasteiger partial charge in [-0.1, -0.05) is 29.3 Å².